The fraction of sp³-hybridized carbons (Fsp3) is 0.364. The lowest BCUT2D eigenvalue weighted by Gasteiger charge is -2.30. The average molecular weight is 224 g/mol. The van der Waals surface area contributed by atoms with Crippen molar-refractivity contribution in [2.75, 3.05) is 18.1 Å². The molecule has 0 spiro atoms. The summed E-state index contributed by atoms with van der Waals surface area (Å²) in [6.07, 6.45) is -0.557. The molecule has 2 rings (SSSR count). The Labute approximate surface area is 92.8 Å². The number of nitrogens with zero attached hydrogens (tertiary/aromatic N) is 1. The predicted molar refractivity (Wildman–Crippen MR) is 57.7 cm³/mol. The second kappa shape index (κ2) is 3.75. The molecule has 1 aromatic carbocycles. The zero-order chi connectivity index (χ0) is 11.8. The average Bonchev–Trinajstić information content (AvgIpc) is 2.57. The molecule has 0 aliphatic carbocycles. The van der Waals surface area contributed by atoms with Crippen LogP contribution in [0.2, 0.25) is 0 Å². The number of nitrogens with two attached hydrogens (primary N) is 1. The van der Waals surface area contributed by atoms with Gasteiger partial charge in [-0.15, -0.1) is 0 Å². The van der Waals surface area contributed by atoms with Gasteiger partial charge in [-0.05, 0) is 19.1 Å². The van der Waals surface area contributed by atoms with E-state index in [0.717, 1.165) is 0 Å². The van der Waals surface area contributed by atoms with Gasteiger partial charge in [0.15, 0.2) is 0 Å². The maximum Gasteiger partial charge on any atom is 0.415 e. The zero-order valence-electron chi connectivity index (χ0n) is 8.94. The first-order valence-electron chi connectivity index (χ1n) is 5.00. The predicted octanol–water partition coefficient (Wildman–Crippen LogP) is 1.50. The van der Waals surface area contributed by atoms with E-state index in [1.807, 2.05) is 0 Å². The van der Waals surface area contributed by atoms with Crippen LogP contribution >= 0.6 is 0 Å². The molecule has 1 unspecified atom stereocenters. The summed E-state index contributed by atoms with van der Waals surface area (Å²) in [7, 11) is 0. The first kappa shape index (κ1) is 10.9. The topological polar surface area (TPSA) is 55.6 Å². The van der Waals surface area contributed by atoms with Gasteiger partial charge in [-0.25, -0.2) is 9.18 Å². The number of benzene rings is 1. The smallest absolute Gasteiger partial charge is 0.415 e. The molecule has 1 aliphatic heterocycles. The van der Waals surface area contributed by atoms with Gasteiger partial charge in [0.05, 0.1) is 11.2 Å². The molecular formula is C11H13FN2O2. The summed E-state index contributed by atoms with van der Waals surface area (Å²) < 4.78 is 18.5. The highest BCUT2D eigenvalue weighted by Gasteiger charge is 2.44. The van der Waals surface area contributed by atoms with Gasteiger partial charge in [-0.2, -0.15) is 0 Å². The molecule has 2 N–H and O–H groups in total. The highest BCUT2D eigenvalue weighted by Crippen LogP contribution is 2.31. The number of rotatable bonds is 2. The number of para-hydroxylation sites is 1. The lowest BCUT2D eigenvalue weighted by atomic mass is 10.0. The molecule has 1 saturated heterocycles. The van der Waals surface area contributed by atoms with E-state index in [1.165, 1.54) is 17.0 Å². The molecule has 0 radical (unpaired) electrons. The summed E-state index contributed by atoms with van der Waals surface area (Å²) in [5.41, 5.74) is 5.14. The molecular weight excluding hydrogens is 211 g/mol. The number of carbonyl (C=O) groups is 1. The molecule has 16 heavy (non-hydrogen) atoms. The third-order valence-corrected chi connectivity index (χ3v) is 2.76. The number of cyclic esters (lactones) is 1. The van der Waals surface area contributed by atoms with Crippen LogP contribution in [0.15, 0.2) is 24.3 Å². The van der Waals surface area contributed by atoms with Crippen molar-refractivity contribution in [2.45, 2.75) is 12.5 Å². The van der Waals surface area contributed by atoms with E-state index in [2.05, 4.69) is 0 Å². The van der Waals surface area contributed by atoms with Crippen LogP contribution in [0, 0.1) is 5.82 Å². The van der Waals surface area contributed by atoms with Crippen LogP contribution < -0.4 is 10.6 Å². The van der Waals surface area contributed by atoms with Gasteiger partial charge in [0, 0.05) is 6.54 Å². The number of hydrogen-bond donors (Lipinski definition) is 1. The summed E-state index contributed by atoms with van der Waals surface area (Å²) in [5.74, 6) is -0.457. The Bertz CT molecular complexity index is 424. The van der Waals surface area contributed by atoms with E-state index in [-0.39, 0.29) is 18.8 Å². The fourth-order valence-electron chi connectivity index (χ4n) is 1.74. The van der Waals surface area contributed by atoms with Gasteiger partial charge in [0.25, 0.3) is 0 Å². The Hall–Kier alpha value is -1.62. The zero-order valence-corrected chi connectivity index (χ0v) is 8.94. The van der Waals surface area contributed by atoms with Crippen LogP contribution in [-0.2, 0) is 4.74 Å². The van der Waals surface area contributed by atoms with E-state index in [1.54, 1.807) is 19.1 Å². The molecule has 1 aromatic rings. The van der Waals surface area contributed by atoms with Crippen molar-refractivity contribution in [3.8, 4) is 0 Å². The van der Waals surface area contributed by atoms with Gasteiger partial charge in [-0.3, -0.25) is 4.90 Å². The number of ether oxygens (including phenoxy) is 1. The third kappa shape index (κ3) is 1.53. The Kier molecular flexibility index (Phi) is 2.55. The van der Waals surface area contributed by atoms with E-state index in [0.29, 0.717) is 0 Å². The van der Waals surface area contributed by atoms with Crippen LogP contribution in [0.1, 0.15) is 6.92 Å². The van der Waals surface area contributed by atoms with Crippen LogP contribution in [0.4, 0.5) is 14.9 Å². The number of carbonyl (C=O) groups excluding carboxylic acids is 1. The molecule has 1 atom stereocenters. The van der Waals surface area contributed by atoms with E-state index in [9.17, 15) is 9.18 Å². The molecule has 0 aromatic heterocycles. The van der Waals surface area contributed by atoms with E-state index >= 15 is 0 Å². The number of amides is 1. The molecule has 4 nitrogen and oxygen atoms in total. The molecule has 1 aliphatic rings. The standard InChI is InChI=1S/C11H13FN2O2/c1-11(6-13)7-16-10(15)14(11)9-5-3-2-4-8(9)12/h2-5H,6-7,13H2,1H3. The van der Waals surface area contributed by atoms with Crippen molar-refractivity contribution in [1.82, 2.24) is 0 Å². The minimum Gasteiger partial charge on any atom is -0.447 e. The van der Waals surface area contributed by atoms with E-state index in [4.69, 9.17) is 10.5 Å². The quantitative estimate of drug-likeness (QED) is 0.828. The molecule has 1 amide bonds. The number of hydrogen-bond acceptors (Lipinski definition) is 3. The van der Waals surface area contributed by atoms with Crippen LogP contribution in [0.25, 0.3) is 0 Å². The molecule has 1 fully saturated rings. The maximum atomic E-state index is 13.6. The second-order valence-corrected chi connectivity index (χ2v) is 4.04. The number of anilines is 1. The Morgan fingerprint density at radius 1 is 1.56 bits per heavy atom. The molecule has 0 saturated carbocycles. The van der Waals surface area contributed by atoms with Crippen molar-refractivity contribution >= 4 is 11.8 Å². The van der Waals surface area contributed by atoms with Crippen LogP contribution in [-0.4, -0.2) is 24.8 Å². The van der Waals surface area contributed by atoms with E-state index < -0.39 is 17.4 Å². The Balaban J connectivity index is 2.46. The Morgan fingerprint density at radius 2 is 2.25 bits per heavy atom. The summed E-state index contributed by atoms with van der Waals surface area (Å²) in [5, 5.41) is 0. The van der Waals surface area contributed by atoms with Gasteiger partial charge in [-0.1, -0.05) is 12.1 Å². The van der Waals surface area contributed by atoms with Crippen molar-refractivity contribution in [3.63, 3.8) is 0 Å². The van der Waals surface area contributed by atoms with Gasteiger partial charge in [0.2, 0.25) is 0 Å². The third-order valence-electron chi connectivity index (χ3n) is 2.76. The van der Waals surface area contributed by atoms with Crippen molar-refractivity contribution in [1.29, 1.82) is 0 Å². The Morgan fingerprint density at radius 3 is 2.88 bits per heavy atom. The van der Waals surface area contributed by atoms with Gasteiger partial charge >= 0.3 is 6.09 Å². The lowest BCUT2D eigenvalue weighted by Crippen LogP contribution is -2.50. The fourth-order valence-corrected chi connectivity index (χ4v) is 1.74. The van der Waals surface area contributed by atoms with Crippen molar-refractivity contribution in [2.24, 2.45) is 5.73 Å². The first-order valence-corrected chi connectivity index (χ1v) is 5.00. The highest BCUT2D eigenvalue weighted by atomic mass is 19.1. The molecule has 0 bridgehead atoms. The van der Waals surface area contributed by atoms with Gasteiger partial charge in [0.1, 0.15) is 12.4 Å². The lowest BCUT2D eigenvalue weighted by molar-refractivity contribution is 0.174. The van der Waals surface area contributed by atoms with Crippen LogP contribution in [0.3, 0.4) is 0 Å². The van der Waals surface area contributed by atoms with Gasteiger partial charge < -0.3 is 10.5 Å². The molecule has 86 valence electrons. The second-order valence-electron chi connectivity index (χ2n) is 4.04. The minimum atomic E-state index is -0.681. The van der Waals surface area contributed by atoms with Crippen molar-refractivity contribution in [3.05, 3.63) is 30.1 Å². The van der Waals surface area contributed by atoms with Crippen LogP contribution in [0.5, 0.6) is 0 Å². The summed E-state index contributed by atoms with van der Waals surface area (Å²) >= 11 is 0. The number of halogens is 1. The van der Waals surface area contributed by atoms with Crippen molar-refractivity contribution < 1.29 is 13.9 Å². The summed E-state index contributed by atoms with van der Waals surface area (Å²) in [6.45, 7) is 2.16. The molecule has 5 heteroatoms. The molecule has 1 heterocycles. The summed E-state index contributed by atoms with van der Waals surface area (Å²) in [6, 6.07) is 6.08. The minimum absolute atomic E-state index is 0.177. The first-order chi connectivity index (χ1) is 7.58. The highest BCUT2D eigenvalue weighted by molar-refractivity contribution is 5.91. The SMILES string of the molecule is CC1(CN)COC(=O)N1c1ccccc1F. The summed E-state index contributed by atoms with van der Waals surface area (Å²) in [4.78, 5) is 12.9. The normalized spacial score (nSPS) is 24.7. The largest absolute Gasteiger partial charge is 0.447 e. The maximum absolute atomic E-state index is 13.6. The monoisotopic (exact) mass is 224 g/mol.